The van der Waals surface area contributed by atoms with Gasteiger partial charge in [-0.1, -0.05) is 55.8 Å². The molecule has 2 aromatic heterocycles. The molecule has 8 nitrogen and oxygen atoms in total. The summed E-state index contributed by atoms with van der Waals surface area (Å²) in [6, 6.07) is 18.3. The molecule has 1 saturated heterocycles. The average Bonchev–Trinajstić information content (AvgIpc) is 3.47. The monoisotopic (exact) mass is 488 g/mol. The van der Waals surface area contributed by atoms with Gasteiger partial charge in [-0.3, -0.25) is 5.32 Å². The summed E-state index contributed by atoms with van der Waals surface area (Å²) in [5, 5.41) is 4.55. The van der Waals surface area contributed by atoms with Gasteiger partial charge in [-0.2, -0.15) is 0 Å². The van der Waals surface area contributed by atoms with Crippen molar-refractivity contribution in [3.63, 3.8) is 0 Å². The van der Waals surface area contributed by atoms with Gasteiger partial charge in [-0.05, 0) is 24.1 Å². The van der Waals surface area contributed by atoms with Gasteiger partial charge in [0.2, 0.25) is 5.89 Å². The fourth-order valence-electron chi connectivity index (χ4n) is 4.80. The third kappa shape index (κ3) is 4.93. The highest BCUT2D eigenvalue weighted by molar-refractivity contribution is 5.92. The van der Waals surface area contributed by atoms with Crippen LogP contribution in [0.15, 0.2) is 71.5 Å². The summed E-state index contributed by atoms with van der Waals surface area (Å²) in [5.74, 6) is 1.16. The molecule has 0 bridgehead atoms. The maximum absolute atomic E-state index is 6.55. The number of fused-ring (bicyclic) bond motifs is 1. The van der Waals surface area contributed by atoms with Gasteiger partial charge in [0.15, 0.2) is 5.75 Å². The number of pyridine rings is 1. The van der Waals surface area contributed by atoms with E-state index in [2.05, 4.69) is 46.4 Å². The van der Waals surface area contributed by atoms with E-state index in [9.17, 15) is 0 Å². The number of hydrogen-bond donors (Lipinski definition) is 1. The van der Waals surface area contributed by atoms with Crippen molar-refractivity contribution < 1.29 is 18.6 Å². The number of nitrogens with zero attached hydrogens (tertiary/aromatic N) is 3. The van der Waals surface area contributed by atoms with E-state index in [1.165, 1.54) is 0 Å². The fraction of sp³-hybridized carbons (Fsp3) is 0.357. The van der Waals surface area contributed by atoms with E-state index in [-0.39, 0.29) is 18.5 Å². The number of piperazine rings is 1. The molecule has 0 radical (unpaired) electrons. The number of ether oxygens (including phenoxy) is 3. The molecule has 1 fully saturated rings. The predicted octanol–water partition coefficient (Wildman–Crippen LogP) is 4.99. The molecule has 1 aliphatic heterocycles. The van der Waals surface area contributed by atoms with Crippen molar-refractivity contribution >= 4 is 16.6 Å². The molecule has 1 N–H and O–H groups in total. The Bertz CT molecular complexity index is 1270. The number of hydrogen-bond acceptors (Lipinski definition) is 8. The molecule has 0 spiro atoms. The first kappa shape index (κ1) is 24.2. The van der Waals surface area contributed by atoms with Gasteiger partial charge >= 0.3 is 0 Å². The van der Waals surface area contributed by atoms with Crippen molar-refractivity contribution in [2.24, 2.45) is 0 Å². The minimum atomic E-state index is -0.192. The molecule has 5 rings (SSSR count). The van der Waals surface area contributed by atoms with Gasteiger partial charge in [0.25, 0.3) is 0 Å². The van der Waals surface area contributed by atoms with Gasteiger partial charge in [-0.15, -0.1) is 0 Å². The lowest BCUT2D eigenvalue weighted by Gasteiger charge is -2.45. The number of nitrogens with one attached hydrogen (secondary N) is 1. The highest BCUT2D eigenvalue weighted by Gasteiger charge is 2.37. The molecule has 3 unspecified atom stereocenters. The maximum Gasteiger partial charge on any atom is 0.245 e. The lowest BCUT2D eigenvalue weighted by molar-refractivity contribution is -0.0209. The first-order chi connectivity index (χ1) is 17.7. The molecule has 188 valence electrons. The third-order valence-corrected chi connectivity index (χ3v) is 6.52. The first-order valence-electron chi connectivity index (χ1n) is 12.3. The van der Waals surface area contributed by atoms with Crippen LogP contribution in [-0.4, -0.2) is 49.2 Å². The van der Waals surface area contributed by atoms with Gasteiger partial charge in [0.05, 0.1) is 24.5 Å². The summed E-state index contributed by atoms with van der Waals surface area (Å²) in [6.45, 7) is 3.18. The van der Waals surface area contributed by atoms with Crippen LogP contribution in [0, 0.1) is 0 Å². The topological polar surface area (TPSA) is 81.9 Å². The van der Waals surface area contributed by atoms with Crippen molar-refractivity contribution in [1.29, 1.82) is 0 Å². The van der Waals surface area contributed by atoms with E-state index in [0.717, 1.165) is 35.0 Å². The van der Waals surface area contributed by atoms with E-state index < -0.39 is 0 Å². The summed E-state index contributed by atoms with van der Waals surface area (Å²) in [5.41, 5.74) is 3.38. The molecule has 4 aromatic rings. The minimum absolute atomic E-state index is 0.1000. The van der Waals surface area contributed by atoms with Gasteiger partial charge in [0.1, 0.15) is 36.5 Å². The molecule has 0 saturated carbocycles. The third-order valence-electron chi connectivity index (χ3n) is 6.52. The van der Waals surface area contributed by atoms with Crippen LogP contribution in [0.25, 0.3) is 22.5 Å². The number of anilines is 1. The average molecular weight is 489 g/mol. The summed E-state index contributed by atoms with van der Waals surface area (Å²) in [6.07, 6.45) is 4.81. The second kappa shape index (κ2) is 11.1. The van der Waals surface area contributed by atoms with Crippen LogP contribution in [0.4, 0.5) is 5.69 Å². The van der Waals surface area contributed by atoms with Crippen LogP contribution < -0.4 is 15.0 Å². The quantitative estimate of drug-likeness (QED) is 0.353. The van der Waals surface area contributed by atoms with Gasteiger partial charge in [0, 0.05) is 19.6 Å². The Kier molecular flexibility index (Phi) is 7.46. The Balaban J connectivity index is 1.62. The molecule has 3 heterocycles. The van der Waals surface area contributed by atoms with E-state index in [1.54, 1.807) is 26.7 Å². The second-order valence-electron chi connectivity index (χ2n) is 8.86. The number of aromatic nitrogens is 2. The van der Waals surface area contributed by atoms with E-state index in [4.69, 9.17) is 23.6 Å². The van der Waals surface area contributed by atoms with Crippen LogP contribution in [-0.2, 0) is 16.1 Å². The molecule has 1 aliphatic rings. The zero-order valence-electron chi connectivity index (χ0n) is 20.9. The standard InChI is InChI=1S/C28H32N4O4/c1-4-8-22-28(34-3)32(17-24(30-22)33-2)23-14-12-20-11-13-21(27-29-15-16-35-27)31-25(20)26(23)36-18-19-9-6-5-7-10-19/h5-7,9-16,22,24,28,30H,4,8,17-18H2,1-3H3. The highest BCUT2D eigenvalue weighted by Crippen LogP contribution is 2.39. The Labute approximate surface area is 211 Å². The molecular formula is C28H32N4O4. The smallest absolute Gasteiger partial charge is 0.245 e. The lowest BCUT2D eigenvalue weighted by atomic mass is 10.0. The van der Waals surface area contributed by atoms with Crippen LogP contribution in [0.5, 0.6) is 5.75 Å². The molecule has 36 heavy (non-hydrogen) atoms. The largest absolute Gasteiger partial charge is 0.484 e. The van der Waals surface area contributed by atoms with Crippen molar-refractivity contribution in [1.82, 2.24) is 15.3 Å². The van der Waals surface area contributed by atoms with Gasteiger partial charge in [-0.25, -0.2) is 9.97 Å². The molecule has 0 amide bonds. The van der Waals surface area contributed by atoms with Gasteiger partial charge < -0.3 is 23.5 Å². The van der Waals surface area contributed by atoms with Crippen molar-refractivity contribution in [3.8, 4) is 17.3 Å². The number of benzene rings is 2. The van der Waals surface area contributed by atoms with Crippen molar-refractivity contribution in [2.75, 3.05) is 25.7 Å². The van der Waals surface area contributed by atoms with E-state index >= 15 is 0 Å². The summed E-state index contributed by atoms with van der Waals surface area (Å²) in [4.78, 5) is 11.4. The zero-order valence-corrected chi connectivity index (χ0v) is 20.9. The predicted molar refractivity (Wildman–Crippen MR) is 139 cm³/mol. The number of rotatable bonds is 9. The second-order valence-corrected chi connectivity index (χ2v) is 8.86. The van der Waals surface area contributed by atoms with Crippen molar-refractivity contribution in [2.45, 2.75) is 44.9 Å². The Morgan fingerprint density at radius 1 is 1.06 bits per heavy atom. The van der Waals surface area contributed by atoms with Crippen LogP contribution in [0.3, 0.4) is 0 Å². The summed E-state index contributed by atoms with van der Waals surface area (Å²) >= 11 is 0. The lowest BCUT2D eigenvalue weighted by Crippen LogP contribution is -2.63. The molecule has 3 atom stereocenters. The maximum atomic E-state index is 6.55. The minimum Gasteiger partial charge on any atom is -0.484 e. The molecule has 2 aromatic carbocycles. The van der Waals surface area contributed by atoms with Crippen molar-refractivity contribution in [3.05, 3.63) is 72.6 Å². The number of oxazole rings is 1. The fourth-order valence-corrected chi connectivity index (χ4v) is 4.80. The van der Waals surface area contributed by atoms with Crippen LogP contribution in [0.2, 0.25) is 0 Å². The highest BCUT2D eigenvalue weighted by atomic mass is 16.5. The summed E-state index contributed by atoms with van der Waals surface area (Å²) < 4.78 is 23.9. The Hall–Kier alpha value is -3.46. The van der Waals surface area contributed by atoms with E-state index in [0.29, 0.717) is 30.5 Å². The van der Waals surface area contributed by atoms with E-state index in [1.807, 2.05) is 30.3 Å². The molecular weight excluding hydrogens is 456 g/mol. The normalized spacial score (nSPS) is 20.1. The Morgan fingerprint density at radius 2 is 1.89 bits per heavy atom. The first-order valence-corrected chi connectivity index (χ1v) is 12.3. The van der Waals surface area contributed by atoms with Crippen LogP contribution >= 0.6 is 0 Å². The molecule has 0 aliphatic carbocycles. The SMILES string of the molecule is CCCC1NC(OC)CN(c2ccc3ccc(-c4ncco4)nc3c2OCc2ccccc2)C1OC. The van der Waals surface area contributed by atoms with Crippen LogP contribution in [0.1, 0.15) is 25.3 Å². The summed E-state index contributed by atoms with van der Waals surface area (Å²) in [7, 11) is 3.48. The molecule has 8 heteroatoms. The Morgan fingerprint density at radius 3 is 2.61 bits per heavy atom. The zero-order chi connectivity index (χ0) is 24.9. The number of methoxy groups -OCH3 is 2.